The highest BCUT2D eigenvalue weighted by atomic mass is 16.3. The first-order valence-corrected chi connectivity index (χ1v) is 19.8. The number of furan rings is 1. The molecule has 0 atom stereocenters. The summed E-state index contributed by atoms with van der Waals surface area (Å²) in [6, 6.07) is 55.1. The molecule has 53 heavy (non-hydrogen) atoms. The third-order valence-electron chi connectivity index (χ3n) is 14.4. The third-order valence-corrected chi connectivity index (χ3v) is 14.4. The molecule has 4 bridgehead atoms. The van der Waals surface area contributed by atoms with Gasteiger partial charge in [-0.05, 0) is 157 Å². The van der Waals surface area contributed by atoms with Crippen molar-refractivity contribution in [2.45, 2.75) is 37.5 Å². The van der Waals surface area contributed by atoms with Gasteiger partial charge in [0.25, 0.3) is 0 Å². The lowest BCUT2D eigenvalue weighted by Gasteiger charge is -2.61. The van der Waals surface area contributed by atoms with Gasteiger partial charge in [-0.2, -0.15) is 0 Å². The Morgan fingerprint density at radius 1 is 0.396 bits per heavy atom. The Kier molecular flexibility index (Phi) is 5.59. The van der Waals surface area contributed by atoms with Crippen LogP contribution >= 0.6 is 0 Å². The zero-order valence-corrected chi connectivity index (χ0v) is 29.6. The van der Waals surface area contributed by atoms with E-state index in [1.807, 2.05) is 6.07 Å². The number of fused-ring (bicyclic) bond motifs is 10. The van der Waals surface area contributed by atoms with Crippen LogP contribution < -0.4 is 0 Å². The highest BCUT2D eigenvalue weighted by Crippen LogP contribution is 2.70. The smallest absolute Gasteiger partial charge is 0.136 e. The van der Waals surface area contributed by atoms with Gasteiger partial charge >= 0.3 is 0 Å². The van der Waals surface area contributed by atoms with E-state index in [0.29, 0.717) is 0 Å². The van der Waals surface area contributed by atoms with Gasteiger partial charge in [0.2, 0.25) is 0 Å². The van der Waals surface area contributed by atoms with Crippen molar-refractivity contribution in [2.75, 3.05) is 0 Å². The van der Waals surface area contributed by atoms with Crippen molar-refractivity contribution in [1.29, 1.82) is 0 Å². The molecule has 0 radical (unpaired) electrons. The summed E-state index contributed by atoms with van der Waals surface area (Å²) < 4.78 is 6.42. The summed E-state index contributed by atoms with van der Waals surface area (Å²) in [4.78, 5) is 0. The molecule has 1 heteroatoms. The Hall–Kier alpha value is -5.66. The van der Waals surface area contributed by atoms with Crippen LogP contribution in [0, 0.1) is 23.7 Å². The molecule has 1 spiro atoms. The minimum atomic E-state index is 0.143. The second-order valence-electron chi connectivity index (χ2n) is 16.8. The van der Waals surface area contributed by atoms with Crippen LogP contribution in [-0.4, -0.2) is 0 Å². The average Bonchev–Trinajstić information content (AvgIpc) is 3.72. The van der Waals surface area contributed by atoms with Crippen molar-refractivity contribution in [3.05, 3.63) is 157 Å². The highest BCUT2D eigenvalue weighted by Gasteiger charge is 2.61. The predicted octanol–water partition coefficient (Wildman–Crippen LogP) is 14.1. The molecule has 0 amide bonds. The van der Waals surface area contributed by atoms with E-state index in [1.165, 1.54) is 103 Å². The molecular weight excluding hydrogens is 641 g/mol. The van der Waals surface area contributed by atoms with Crippen LogP contribution in [0.4, 0.5) is 0 Å². The van der Waals surface area contributed by atoms with E-state index in [-0.39, 0.29) is 5.41 Å². The van der Waals surface area contributed by atoms with E-state index >= 15 is 0 Å². The van der Waals surface area contributed by atoms with E-state index in [2.05, 4.69) is 140 Å². The zero-order valence-electron chi connectivity index (χ0n) is 29.6. The second kappa shape index (κ2) is 10.3. The Morgan fingerprint density at radius 2 is 0.925 bits per heavy atom. The van der Waals surface area contributed by atoms with Crippen molar-refractivity contribution < 1.29 is 4.42 Å². The van der Waals surface area contributed by atoms with Crippen molar-refractivity contribution in [2.24, 2.45) is 23.7 Å². The lowest BCUT2D eigenvalue weighted by Crippen LogP contribution is -2.55. The number of para-hydroxylation sites is 1. The standard InChI is InChI=1S/C52H38O/c1-2-10-37-32(9-1)18-22-46-51(37)44-28-33(19-21-45(44)52(46)35-24-30-23-31(26-35)27-36(52)25-30)49-40-12-3-5-14-42(40)50(43-15-6-4-13-41(43)49)34-17-20-39-38-11-7-8-16-47(38)53-48(39)29-34/h1-22,28-31,35-36H,23-27H2. The van der Waals surface area contributed by atoms with Crippen molar-refractivity contribution in [3.8, 4) is 33.4 Å². The first kappa shape index (κ1) is 28.9. The van der Waals surface area contributed by atoms with Crippen molar-refractivity contribution >= 4 is 54.3 Å². The van der Waals surface area contributed by atoms with E-state index in [0.717, 1.165) is 40.2 Å². The quantitative estimate of drug-likeness (QED) is 0.166. The maximum Gasteiger partial charge on any atom is 0.136 e. The Morgan fingerprint density at radius 3 is 1.60 bits per heavy atom. The fraction of sp³-hybridized carbons (Fsp3) is 0.192. The van der Waals surface area contributed by atoms with Crippen LogP contribution in [0.25, 0.3) is 87.6 Å². The molecule has 5 aliphatic rings. The SMILES string of the molecule is c1ccc2c3c(ccc2c1)C1(c2ccc(-c4c5ccccc5c(-c5ccc6c(c5)oc5ccccc56)c5ccccc45)cc2-3)C2CC3CC(C2)CC1C3. The summed E-state index contributed by atoms with van der Waals surface area (Å²) in [7, 11) is 0. The summed E-state index contributed by atoms with van der Waals surface area (Å²) in [6.07, 6.45) is 7.07. The molecule has 4 fully saturated rings. The molecule has 1 nitrogen and oxygen atoms in total. The molecule has 0 N–H and O–H groups in total. The van der Waals surface area contributed by atoms with Crippen LogP contribution in [0.2, 0.25) is 0 Å². The number of rotatable bonds is 2. The lowest BCUT2D eigenvalue weighted by atomic mass is 9.43. The molecule has 252 valence electrons. The van der Waals surface area contributed by atoms with Gasteiger partial charge in [-0.25, -0.2) is 0 Å². The summed E-state index contributed by atoms with van der Waals surface area (Å²) in [5.41, 5.74) is 13.4. The van der Waals surface area contributed by atoms with Crippen LogP contribution in [0.3, 0.4) is 0 Å². The summed E-state index contributed by atoms with van der Waals surface area (Å²) in [5, 5.41) is 10.3. The Balaban J connectivity index is 1.08. The monoisotopic (exact) mass is 678 g/mol. The number of hydrogen-bond donors (Lipinski definition) is 0. The molecule has 0 aliphatic heterocycles. The molecule has 14 rings (SSSR count). The van der Waals surface area contributed by atoms with Gasteiger partial charge in [-0.1, -0.05) is 121 Å². The summed E-state index contributed by atoms with van der Waals surface area (Å²) >= 11 is 0. The van der Waals surface area contributed by atoms with E-state index < -0.39 is 0 Å². The molecular formula is C52H38O. The number of benzene rings is 8. The number of hydrogen-bond acceptors (Lipinski definition) is 1. The maximum absolute atomic E-state index is 6.42. The van der Waals surface area contributed by atoms with Crippen LogP contribution in [-0.2, 0) is 5.41 Å². The Labute approximate surface area is 308 Å². The lowest BCUT2D eigenvalue weighted by molar-refractivity contribution is -0.0399. The van der Waals surface area contributed by atoms with Crippen molar-refractivity contribution in [1.82, 2.24) is 0 Å². The van der Waals surface area contributed by atoms with Gasteiger partial charge in [0.15, 0.2) is 0 Å². The minimum absolute atomic E-state index is 0.143. The van der Waals surface area contributed by atoms with Crippen molar-refractivity contribution in [3.63, 3.8) is 0 Å². The molecule has 5 aliphatic carbocycles. The first-order chi connectivity index (χ1) is 26.2. The summed E-state index contributed by atoms with van der Waals surface area (Å²) in [6.45, 7) is 0. The minimum Gasteiger partial charge on any atom is -0.456 e. The van der Waals surface area contributed by atoms with Gasteiger partial charge in [0.1, 0.15) is 11.2 Å². The molecule has 1 aromatic heterocycles. The largest absolute Gasteiger partial charge is 0.456 e. The van der Waals surface area contributed by atoms with Crippen LogP contribution in [0.1, 0.15) is 43.2 Å². The predicted molar refractivity (Wildman–Crippen MR) is 220 cm³/mol. The van der Waals surface area contributed by atoms with Gasteiger partial charge in [0, 0.05) is 16.2 Å². The normalized spacial score (nSPS) is 23.9. The maximum atomic E-state index is 6.42. The first-order valence-electron chi connectivity index (χ1n) is 19.8. The van der Waals surface area contributed by atoms with E-state index in [9.17, 15) is 0 Å². The van der Waals surface area contributed by atoms with Gasteiger partial charge in [-0.3, -0.25) is 0 Å². The van der Waals surface area contributed by atoms with Gasteiger partial charge < -0.3 is 4.42 Å². The topological polar surface area (TPSA) is 13.1 Å². The molecule has 8 aromatic carbocycles. The molecule has 1 heterocycles. The van der Waals surface area contributed by atoms with Gasteiger partial charge in [-0.15, -0.1) is 0 Å². The van der Waals surface area contributed by atoms with Crippen LogP contribution in [0.15, 0.2) is 150 Å². The zero-order chi connectivity index (χ0) is 34.4. The Bertz CT molecular complexity index is 2940. The molecule has 4 saturated carbocycles. The van der Waals surface area contributed by atoms with E-state index in [4.69, 9.17) is 4.42 Å². The fourth-order valence-corrected chi connectivity index (χ4v) is 12.8. The van der Waals surface area contributed by atoms with Gasteiger partial charge in [0.05, 0.1) is 0 Å². The summed E-state index contributed by atoms with van der Waals surface area (Å²) in [5.74, 6) is 3.35. The second-order valence-corrected chi connectivity index (χ2v) is 16.8. The molecule has 0 saturated heterocycles. The molecule has 9 aromatic rings. The fourth-order valence-electron chi connectivity index (χ4n) is 12.8. The van der Waals surface area contributed by atoms with E-state index in [1.54, 1.807) is 11.1 Å². The third kappa shape index (κ3) is 3.68. The highest BCUT2D eigenvalue weighted by molar-refractivity contribution is 6.22. The molecule has 0 unspecified atom stereocenters. The average molecular weight is 679 g/mol. The van der Waals surface area contributed by atoms with Crippen LogP contribution in [0.5, 0.6) is 0 Å².